The van der Waals surface area contributed by atoms with Gasteiger partial charge in [0.1, 0.15) is 0 Å². The quantitative estimate of drug-likeness (QED) is 0.386. The van der Waals surface area contributed by atoms with E-state index in [1.54, 1.807) is 31.2 Å². The highest BCUT2D eigenvalue weighted by Crippen LogP contribution is 2.48. The van der Waals surface area contributed by atoms with E-state index in [1.165, 1.54) is 0 Å². The van der Waals surface area contributed by atoms with Crippen LogP contribution < -0.4 is 21.9 Å². The molecule has 0 aliphatic rings. The Morgan fingerprint density at radius 1 is 1.00 bits per heavy atom. The van der Waals surface area contributed by atoms with Crippen LogP contribution in [0.25, 0.3) is 0 Å². The fraction of sp³-hybridized carbons (Fsp3) is 0.133. The number of benzene rings is 2. The van der Waals surface area contributed by atoms with Crippen LogP contribution >= 0.6 is 7.14 Å². The third-order valence-electron chi connectivity index (χ3n) is 3.35. The Morgan fingerprint density at radius 3 is 1.75 bits per heavy atom. The molecule has 1 atom stereocenters. The zero-order valence-electron chi connectivity index (χ0n) is 11.2. The van der Waals surface area contributed by atoms with Crippen molar-refractivity contribution in [3.63, 3.8) is 0 Å². The summed E-state index contributed by atoms with van der Waals surface area (Å²) in [6, 6.07) is 18.1. The summed E-state index contributed by atoms with van der Waals surface area (Å²) in [5.74, 6) is 4.78. The molecule has 2 aromatic rings. The van der Waals surface area contributed by atoms with Gasteiger partial charge in [-0.1, -0.05) is 60.7 Å². The molecule has 0 aliphatic heterocycles. The minimum absolute atomic E-state index is 0.430. The van der Waals surface area contributed by atoms with Crippen molar-refractivity contribution in [3.8, 4) is 0 Å². The molecule has 0 radical (unpaired) electrons. The third kappa shape index (κ3) is 2.53. The maximum absolute atomic E-state index is 13.6. The molecule has 20 heavy (non-hydrogen) atoms. The van der Waals surface area contributed by atoms with Gasteiger partial charge in [-0.25, -0.2) is 5.84 Å². The lowest BCUT2D eigenvalue weighted by Gasteiger charge is -2.24. The molecule has 104 valence electrons. The fourth-order valence-corrected chi connectivity index (χ4v) is 5.01. The Kier molecular flexibility index (Phi) is 4.38. The molecule has 0 unspecified atom stereocenters. The van der Waals surface area contributed by atoms with Crippen LogP contribution in [-0.4, -0.2) is 11.6 Å². The minimum Gasteiger partial charge on any atom is -0.313 e. The van der Waals surface area contributed by atoms with E-state index in [2.05, 4.69) is 5.43 Å². The molecule has 0 saturated carbocycles. The number of rotatable bonds is 4. The van der Waals surface area contributed by atoms with Crippen molar-refractivity contribution in [3.05, 3.63) is 60.7 Å². The van der Waals surface area contributed by atoms with Crippen LogP contribution in [0.4, 0.5) is 0 Å². The average Bonchev–Trinajstić information content (AvgIpc) is 2.54. The molecule has 1 amide bonds. The minimum atomic E-state index is -3.08. The Balaban J connectivity index is 2.61. The number of amides is 1. The summed E-state index contributed by atoms with van der Waals surface area (Å²) in [6.07, 6.45) is 0. The third-order valence-corrected chi connectivity index (χ3v) is 6.80. The van der Waals surface area contributed by atoms with Crippen LogP contribution in [0.3, 0.4) is 0 Å². The molecule has 2 aromatic carbocycles. The second kappa shape index (κ2) is 6.04. The molecule has 0 aliphatic carbocycles. The monoisotopic (exact) mass is 288 g/mol. The first-order chi connectivity index (χ1) is 9.60. The second-order valence-electron chi connectivity index (χ2n) is 4.51. The summed E-state index contributed by atoms with van der Waals surface area (Å²) in [6.45, 7) is 1.64. The van der Waals surface area contributed by atoms with E-state index in [-0.39, 0.29) is 0 Å². The number of nitrogens with one attached hydrogen (secondary N) is 1. The first kappa shape index (κ1) is 14.5. The van der Waals surface area contributed by atoms with E-state index in [1.807, 2.05) is 36.4 Å². The van der Waals surface area contributed by atoms with Gasteiger partial charge in [0, 0.05) is 10.6 Å². The van der Waals surface area contributed by atoms with E-state index in [0.717, 1.165) is 0 Å². The molecule has 0 fully saturated rings. The summed E-state index contributed by atoms with van der Waals surface area (Å²) in [5, 5.41) is 1.31. The van der Waals surface area contributed by atoms with Crippen LogP contribution in [0.1, 0.15) is 6.92 Å². The maximum Gasteiger partial charge on any atom is 0.244 e. The SMILES string of the molecule is C[C@@H](C(=O)NN)P(=O)(c1ccccc1)c1ccccc1. The van der Waals surface area contributed by atoms with Gasteiger partial charge in [-0.15, -0.1) is 0 Å². The van der Waals surface area contributed by atoms with Crippen molar-refractivity contribution in [1.82, 2.24) is 5.43 Å². The van der Waals surface area contributed by atoms with Gasteiger partial charge in [0.25, 0.3) is 0 Å². The van der Waals surface area contributed by atoms with Gasteiger partial charge >= 0.3 is 0 Å². The Labute approximate surface area is 118 Å². The zero-order valence-corrected chi connectivity index (χ0v) is 12.1. The lowest BCUT2D eigenvalue weighted by Crippen LogP contribution is -2.41. The second-order valence-corrected chi connectivity index (χ2v) is 7.64. The molecule has 0 heterocycles. The average molecular weight is 288 g/mol. The van der Waals surface area contributed by atoms with Crippen molar-refractivity contribution in [2.75, 3.05) is 0 Å². The standard InChI is InChI=1S/C15H17N2O2P/c1-12(15(18)17-16)20(19,13-8-4-2-5-9-13)14-10-6-3-7-11-14/h2-12H,16H2,1H3,(H,17,18)/t12-/m0/s1. The Hall–Kier alpha value is -1.90. The van der Waals surface area contributed by atoms with Crippen LogP contribution in [-0.2, 0) is 9.36 Å². The summed E-state index contributed by atoms with van der Waals surface area (Å²) in [4.78, 5) is 11.9. The van der Waals surface area contributed by atoms with Crippen LogP contribution in [0, 0.1) is 0 Å². The molecule has 3 N–H and O–H groups in total. The van der Waals surface area contributed by atoms with Crippen LogP contribution in [0.2, 0.25) is 0 Å². The highest BCUT2D eigenvalue weighted by molar-refractivity contribution is 7.80. The van der Waals surface area contributed by atoms with Crippen molar-refractivity contribution < 1.29 is 9.36 Å². The largest absolute Gasteiger partial charge is 0.313 e. The molecular weight excluding hydrogens is 271 g/mol. The van der Waals surface area contributed by atoms with Gasteiger partial charge in [0.05, 0.1) is 5.66 Å². The van der Waals surface area contributed by atoms with E-state index >= 15 is 0 Å². The lowest BCUT2D eigenvalue weighted by atomic mass is 10.4. The van der Waals surface area contributed by atoms with Crippen molar-refractivity contribution in [2.45, 2.75) is 12.6 Å². The number of carbonyl (C=O) groups excluding carboxylic acids is 1. The topological polar surface area (TPSA) is 72.2 Å². The fourth-order valence-electron chi connectivity index (χ4n) is 2.18. The van der Waals surface area contributed by atoms with Gasteiger partial charge in [-0.05, 0) is 6.92 Å². The number of hydrogen-bond donors (Lipinski definition) is 2. The highest BCUT2D eigenvalue weighted by Gasteiger charge is 2.37. The normalized spacial score (nSPS) is 12.7. The van der Waals surface area contributed by atoms with E-state index < -0.39 is 18.7 Å². The molecule has 4 nitrogen and oxygen atoms in total. The molecule has 0 saturated heterocycles. The summed E-state index contributed by atoms with van der Waals surface area (Å²) in [5.41, 5.74) is 1.37. The van der Waals surface area contributed by atoms with E-state index in [4.69, 9.17) is 5.84 Å². The Bertz CT molecular complexity index is 585. The predicted molar refractivity (Wildman–Crippen MR) is 81.6 cm³/mol. The number of hydrazine groups is 1. The van der Waals surface area contributed by atoms with Crippen molar-refractivity contribution in [1.29, 1.82) is 0 Å². The predicted octanol–water partition coefficient (Wildman–Crippen LogP) is 1.38. The smallest absolute Gasteiger partial charge is 0.244 e. The lowest BCUT2D eigenvalue weighted by molar-refractivity contribution is -0.120. The van der Waals surface area contributed by atoms with Gasteiger partial charge in [-0.2, -0.15) is 0 Å². The first-order valence-corrected chi connectivity index (χ1v) is 8.09. The summed E-state index contributed by atoms with van der Waals surface area (Å²) >= 11 is 0. The Morgan fingerprint density at radius 2 is 1.40 bits per heavy atom. The molecule has 2 rings (SSSR count). The number of carbonyl (C=O) groups is 1. The highest BCUT2D eigenvalue weighted by atomic mass is 31.2. The summed E-state index contributed by atoms with van der Waals surface area (Å²) in [7, 11) is -3.08. The molecule has 5 heteroatoms. The van der Waals surface area contributed by atoms with Crippen molar-refractivity contribution in [2.24, 2.45) is 5.84 Å². The number of nitrogens with two attached hydrogens (primary N) is 1. The first-order valence-electron chi connectivity index (χ1n) is 6.32. The van der Waals surface area contributed by atoms with Gasteiger partial charge in [0.2, 0.25) is 5.91 Å². The maximum atomic E-state index is 13.6. The molecule has 0 aromatic heterocycles. The van der Waals surface area contributed by atoms with Crippen molar-refractivity contribution >= 4 is 23.7 Å². The molecule has 0 bridgehead atoms. The van der Waals surface area contributed by atoms with Crippen LogP contribution in [0.5, 0.6) is 0 Å². The van der Waals surface area contributed by atoms with E-state index in [9.17, 15) is 9.36 Å². The van der Waals surface area contributed by atoms with Crippen LogP contribution in [0.15, 0.2) is 60.7 Å². The molecular formula is C15H17N2O2P. The van der Waals surface area contributed by atoms with Gasteiger partial charge in [0.15, 0.2) is 7.14 Å². The van der Waals surface area contributed by atoms with E-state index in [0.29, 0.717) is 10.6 Å². The summed E-state index contributed by atoms with van der Waals surface area (Å²) < 4.78 is 13.6. The van der Waals surface area contributed by atoms with Gasteiger partial charge in [-0.3, -0.25) is 10.2 Å². The zero-order chi connectivity index (χ0) is 14.6. The molecule has 0 spiro atoms. The number of hydrogen-bond acceptors (Lipinski definition) is 3. The van der Waals surface area contributed by atoms with Gasteiger partial charge < -0.3 is 4.57 Å².